The number of amides is 1. The summed E-state index contributed by atoms with van der Waals surface area (Å²) in [5.74, 6) is -1.15. The van der Waals surface area contributed by atoms with Gasteiger partial charge in [0.2, 0.25) is 11.8 Å². The van der Waals surface area contributed by atoms with E-state index >= 15 is 0 Å². The summed E-state index contributed by atoms with van der Waals surface area (Å²) >= 11 is 3.46. The van der Waals surface area contributed by atoms with E-state index in [2.05, 4.69) is 15.9 Å². The zero-order valence-electron chi connectivity index (χ0n) is 18.0. The van der Waals surface area contributed by atoms with Crippen LogP contribution in [0.4, 0.5) is 5.69 Å². The predicted octanol–water partition coefficient (Wildman–Crippen LogP) is 3.42. The molecule has 8 nitrogen and oxygen atoms in total. The number of nitrogens with two attached hydrogens (primary N) is 1. The van der Waals surface area contributed by atoms with E-state index in [9.17, 15) is 14.4 Å². The summed E-state index contributed by atoms with van der Waals surface area (Å²) in [4.78, 5) is 42.3. The van der Waals surface area contributed by atoms with Crippen LogP contribution in [0.1, 0.15) is 37.0 Å². The summed E-state index contributed by atoms with van der Waals surface area (Å²) in [6.07, 6.45) is 1.95. The fourth-order valence-corrected chi connectivity index (χ4v) is 5.49. The van der Waals surface area contributed by atoms with E-state index in [0.717, 1.165) is 0 Å². The number of likely N-dealkylation sites (N-methyl/N-ethyl adjacent to an activating group) is 1. The van der Waals surface area contributed by atoms with Gasteiger partial charge in [-0.25, -0.2) is 4.79 Å². The van der Waals surface area contributed by atoms with Crippen LogP contribution < -0.4 is 10.6 Å². The van der Waals surface area contributed by atoms with Crippen molar-refractivity contribution in [3.05, 3.63) is 75.2 Å². The molecule has 3 aliphatic rings. The van der Waals surface area contributed by atoms with E-state index in [4.69, 9.17) is 19.6 Å². The number of furan rings is 1. The Morgan fingerprint density at radius 2 is 2.09 bits per heavy atom. The molecule has 33 heavy (non-hydrogen) atoms. The molecule has 0 saturated heterocycles. The number of rotatable bonds is 3. The van der Waals surface area contributed by atoms with Gasteiger partial charge in [-0.05, 0) is 37.3 Å². The molecule has 1 amide bonds. The van der Waals surface area contributed by atoms with Gasteiger partial charge in [0.15, 0.2) is 5.78 Å². The van der Waals surface area contributed by atoms with Gasteiger partial charge in [-0.3, -0.25) is 9.59 Å². The number of benzene rings is 1. The molecule has 0 saturated carbocycles. The van der Waals surface area contributed by atoms with Crippen molar-refractivity contribution in [2.24, 2.45) is 5.73 Å². The third-order valence-corrected chi connectivity index (χ3v) is 6.92. The Kier molecular flexibility index (Phi) is 4.97. The van der Waals surface area contributed by atoms with Crippen molar-refractivity contribution in [3.8, 4) is 0 Å². The third-order valence-electron chi connectivity index (χ3n) is 6.43. The normalized spacial score (nSPS) is 24.2. The van der Waals surface area contributed by atoms with Gasteiger partial charge in [0.05, 0.1) is 18.4 Å². The number of anilines is 1. The second-order valence-corrected chi connectivity index (χ2v) is 9.10. The number of Topliss-reactive ketones (excluding diaryl/α,β-unsaturated/α-hetero) is 1. The van der Waals surface area contributed by atoms with Gasteiger partial charge in [-0.15, -0.1) is 0 Å². The first-order valence-electron chi connectivity index (χ1n) is 10.5. The molecule has 1 aromatic carbocycles. The van der Waals surface area contributed by atoms with Crippen LogP contribution in [-0.2, 0) is 29.3 Å². The quantitative estimate of drug-likeness (QED) is 0.626. The van der Waals surface area contributed by atoms with Gasteiger partial charge < -0.3 is 24.5 Å². The van der Waals surface area contributed by atoms with E-state index < -0.39 is 17.3 Å². The average molecular weight is 513 g/mol. The minimum atomic E-state index is -1.75. The molecule has 3 heterocycles. The van der Waals surface area contributed by atoms with Crippen molar-refractivity contribution >= 4 is 39.3 Å². The fraction of sp³-hybridized carbons (Fsp3) is 0.292. The van der Waals surface area contributed by atoms with Crippen LogP contribution in [0.5, 0.6) is 0 Å². The SMILES string of the molecule is CCOC(=O)C1=C(N)OC2=C(C(=O)C[C@@H](c3ccco3)C2)[C@]12C(=O)N(C)c1ccc(Br)cc12. The third kappa shape index (κ3) is 2.91. The van der Waals surface area contributed by atoms with Crippen molar-refractivity contribution in [2.45, 2.75) is 31.1 Å². The largest absolute Gasteiger partial charge is 0.469 e. The Labute approximate surface area is 198 Å². The molecular formula is C24H21BrN2O6. The lowest BCUT2D eigenvalue weighted by atomic mass is 9.63. The minimum absolute atomic E-state index is 0.0709. The molecule has 0 fully saturated rings. The summed E-state index contributed by atoms with van der Waals surface area (Å²) < 4.78 is 17.4. The number of carbonyl (C=O) groups is 3. The van der Waals surface area contributed by atoms with Crippen LogP contribution >= 0.6 is 15.9 Å². The maximum Gasteiger partial charge on any atom is 0.341 e. The highest BCUT2D eigenvalue weighted by Crippen LogP contribution is 2.57. The summed E-state index contributed by atoms with van der Waals surface area (Å²) in [5, 5.41) is 0. The zero-order valence-corrected chi connectivity index (χ0v) is 19.6. The highest BCUT2D eigenvalue weighted by molar-refractivity contribution is 9.10. The topological polar surface area (TPSA) is 112 Å². The molecule has 1 spiro atoms. The van der Waals surface area contributed by atoms with Crippen LogP contribution in [0, 0.1) is 0 Å². The standard InChI is InChI=1S/C24H21BrN2O6/c1-3-31-22(29)20-21(26)33-18-10-12(17-5-4-8-32-17)9-16(28)19(18)24(20)14-11-13(25)6-7-15(14)27(2)23(24)30/h4-8,11-12H,3,9-10,26H2,1-2H3/t12-,24+/m1/s1. The van der Waals surface area contributed by atoms with Gasteiger partial charge >= 0.3 is 5.97 Å². The number of carbonyl (C=O) groups excluding carboxylic acids is 3. The van der Waals surface area contributed by atoms with E-state index in [1.165, 1.54) is 4.90 Å². The van der Waals surface area contributed by atoms with Crippen molar-refractivity contribution in [3.63, 3.8) is 0 Å². The van der Waals surface area contributed by atoms with Gasteiger partial charge in [0.1, 0.15) is 22.5 Å². The van der Waals surface area contributed by atoms with Gasteiger partial charge in [-0.1, -0.05) is 15.9 Å². The summed E-state index contributed by atoms with van der Waals surface area (Å²) in [6.45, 7) is 1.73. The van der Waals surface area contributed by atoms with E-state index in [-0.39, 0.29) is 47.5 Å². The van der Waals surface area contributed by atoms with Crippen LogP contribution in [0.25, 0.3) is 0 Å². The number of hydrogen-bond acceptors (Lipinski definition) is 7. The Morgan fingerprint density at radius 3 is 2.79 bits per heavy atom. The van der Waals surface area contributed by atoms with Gasteiger partial charge in [0, 0.05) is 41.5 Å². The Hall–Kier alpha value is -3.33. The highest BCUT2D eigenvalue weighted by Gasteiger charge is 2.63. The first-order valence-corrected chi connectivity index (χ1v) is 11.3. The maximum atomic E-state index is 14.0. The lowest BCUT2D eigenvalue weighted by Gasteiger charge is -2.40. The molecular weight excluding hydrogens is 492 g/mol. The van der Waals surface area contributed by atoms with Crippen LogP contribution in [0.2, 0.25) is 0 Å². The predicted molar refractivity (Wildman–Crippen MR) is 121 cm³/mol. The van der Waals surface area contributed by atoms with Crippen LogP contribution in [0.15, 0.2) is 68.3 Å². The molecule has 5 rings (SSSR count). The second-order valence-electron chi connectivity index (χ2n) is 8.18. The molecule has 0 bridgehead atoms. The monoisotopic (exact) mass is 512 g/mol. The number of nitrogens with zero attached hydrogens (tertiary/aromatic N) is 1. The maximum absolute atomic E-state index is 14.0. The molecule has 2 atom stereocenters. The number of halogens is 1. The van der Waals surface area contributed by atoms with Crippen molar-refractivity contribution < 1.29 is 28.3 Å². The van der Waals surface area contributed by atoms with Gasteiger partial charge in [0.25, 0.3) is 0 Å². The van der Waals surface area contributed by atoms with Crippen LogP contribution in [-0.4, -0.2) is 31.3 Å². The van der Waals surface area contributed by atoms with Crippen molar-refractivity contribution in [1.29, 1.82) is 0 Å². The van der Waals surface area contributed by atoms with Gasteiger partial charge in [-0.2, -0.15) is 0 Å². The van der Waals surface area contributed by atoms with E-state index in [0.29, 0.717) is 27.9 Å². The van der Waals surface area contributed by atoms with Crippen LogP contribution in [0.3, 0.4) is 0 Å². The molecule has 1 aromatic heterocycles. The fourth-order valence-electron chi connectivity index (χ4n) is 5.13. The Morgan fingerprint density at radius 1 is 1.30 bits per heavy atom. The molecule has 2 aliphatic heterocycles. The minimum Gasteiger partial charge on any atom is -0.469 e. The summed E-state index contributed by atoms with van der Waals surface area (Å²) in [6, 6.07) is 8.85. The first kappa shape index (κ1) is 21.5. The lowest BCUT2D eigenvalue weighted by Crippen LogP contribution is -2.51. The van der Waals surface area contributed by atoms with Crippen molar-refractivity contribution in [1.82, 2.24) is 0 Å². The van der Waals surface area contributed by atoms with E-state index in [1.807, 2.05) is 0 Å². The van der Waals surface area contributed by atoms with Crippen molar-refractivity contribution in [2.75, 3.05) is 18.6 Å². The second kappa shape index (κ2) is 7.62. The molecule has 9 heteroatoms. The summed E-state index contributed by atoms with van der Waals surface area (Å²) in [5.41, 5.74) is 5.57. The number of ether oxygens (including phenoxy) is 2. The smallest absolute Gasteiger partial charge is 0.341 e. The average Bonchev–Trinajstić information content (AvgIpc) is 3.37. The Bertz CT molecular complexity index is 1260. The zero-order chi connectivity index (χ0) is 23.5. The summed E-state index contributed by atoms with van der Waals surface area (Å²) in [7, 11) is 1.61. The number of ketones is 1. The number of hydrogen-bond donors (Lipinski definition) is 1. The molecule has 2 N–H and O–H groups in total. The lowest BCUT2D eigenvalue weighted by molar-refractivity contribution is -0.141. The molecule has 170 valence electrons. The number of esters is 1. The molecule has 0 radical (unpaired) electrons. The molecule has 1 aliphatic carbocycles. The van der Waals surface area contributed by atoms with E-state index in [1.54, 1.807) is 50.6 Å². The molecule has 0 unspecified atom stereocenters. The number of allylic oxidation sites excluding steroid dienone is 1. The molecule has 2 aromatic rings. The highest BCUT2D eigenvalue weighted by atomic mass is 79.9. The first-order chi connectivity index (χ1) is 15.8. The Balaban J connectivity index is 1.79. The number of fused-ring (bicyclic) bond motifs is 3.